The van der Waals surface area contributed by atoms with E-state index in [1.807, 2.05) is 0 Å². The fraction of sp³-hybridized carbons (Fsp3) is 0. The first-order valence-electron chi connectivity index (χ1n) is 5.01. The summed E-state index contributed by atoms with van der Waals surface area (Å²) in [5.74, 6) is -3.06. The van der Waals surface area contributed by atoms with Crippen LogP contribution >= 0.6 is 0 Å². The van der Waals surface area contributed by atoms with Crippen molar-refractivity contribution in [2.24, 2.45) is 0 Å². The van der Waals surface area contributed by atoms with Gasteiger partial charge >= 0.3 is 5.97 Å². The summed E-state index contributed by atoms with van der Waals surface area (Å²) >= 11 is 0. The van der Waals surface area contributed by atoms with Gasteiger partial charge in [-0.2, -0.15) is 0 Å². The topological polar surface area (TPSA) is 57.5 Å². The highest BCUT2D eigenvalue weighted by Gasteiger charge is 2.15. The van der Waals surface area contributed by atoms with Crippen LogP contribution in [0.15, 0.2) is 36.4 Å². The van der Waals surface area contributed by atoms with Gasteiger partial charge < -0.3 is 10.2 Å². The molecule has 0 aliphatic heterocycles. The molecule has 0 amide bonds. The van der Waals surface area contributed by atoms with E-state index in [4.69, 9.17) is 5.11 Å². The summed E-state index contributed by atoms with van der Waals surface area (Å²) in [5, 5.41) is 18.6. The first-order chi connectivity index (χ1) is 8.49. The van der Waals surface area contributed by atoms with Crippen molar-refractivity contribution in [2.45, 2.75) is 0 Å². The molecule has 0 saturated carbocycles. The minimum absolute atomic E-state index is 0.126. The van der Waals surface area contributed by atoms with Crippen LogP contribution in [0.3, 0.4) is 0 Å². The molecule has 0 aliphatic rings. The molecule has 0 aliphatic carbocycles. The summed E-state index contributed by atoms with van der Waals surface area (Å²) in [6.07, 6.45) is 0. The van der Waals surface area contributed by atoms with Crippen molar-refractivity contribution in [3.63, 3.8) is 0 Å². The monoisotopic (exact) mass is 250 g/mol. The van der Waals surface area contributed by atoms with Crippen molar-refractivity contribution in [2.75, 3.05) is 0 Å². The smallest absolute Gasteiger partial charge is 0.336 e. The molecule has 5 heteroatoms. The Morgan fingerprint density at radius 1 is 0.944 bits per heavy atom. The molecule has 0 fully saturated rings. The summed E-state index contributed by atoms with van der Waals surface area (Å²) in [5.41, 5.74) is -0.0351. The third kappa shape index (κ3) is 2.15. The van der Waals surface area contributed by atoms with Crippen LogP contribution in [0.1, 0.15) is 10.4 Å². The molecule has 0 unspecified atom stereocenters. The van der Waals surface area contributed by atoms with E-state index in [2.05, 4.69) is 0 Å². The normalized spacial score (nSPS) is 10.3. The average molecular weight is 250 g/mol. The number of carboxylic acid groups (broad SMARTS) is 1. The number of hydrogen-bond acceptors (Lipinski definition) is 2. The lowest BCUT2D eigenvalue weighted by Crippen LogP contribution is -2.00. The molecule has 3 nitrogen and oxygen atoms in total. The van der Waals surface area contributed by atoms with Gasteiger partial charge in [0.05, 0.1) is 5.56 Å². The third-order valence-corrected chi connectivity index (χ3v) is 2.46. The van der Waals surface area contributed by atoms with Crippen LogP contribution in [0.2, 0.25) is 0 Å². The van der Waals surface area contributed by atoms with Gasteiger partial charge in [0.25, 0.3) is 0 Å². The van der Waals surface area contributed by atoms with Gasteiger partial charge in [0.1, 0.15) is 17.4 Å². The maximum atomic E-state index is 13.0. The van der Waals surface area contributed by atoms with Gasteiger partial charge in [-0.1, -0.05) is 6.07 Å². The largest absolute Gasteiger partial charge is 0.507 e. The Balaban J connectivity index is 2.67. The molecule has 2 rings (SSSR count). The highest BCUT2D eigenvalue weighted by Crippen LogP contribution is 2.32. The minimum Gasteiger partial charge on any atom is -0.507 e. The number of halogens is 2. The van der Waals surface area contributed by atoms with Crippen LogP contribution in [0.25, 0.3) is 11.1 Å². The van der Waals surface area contributed by atoms with Crippen molar-refractivity contribution < 1.29 is 23.8 Å². The highest BCUT2D eigenvalue weighted by molar-refractivity contribution is 5.96. The summed E-state index contributed by atoms with van der Waals surface area (Å²) < 4.78 is 25.9. The van der Waals surface area contributed by atoms with Crippen molar-refractivity contribution in [1.82, 2.24) is 0 Å². The SMILES string of the molecule is O=C(O)c1cc(F)ccc1-c1ccc(F)cc1O. The van der Waals surface area contributed by atoms with Crippen LogP contribution in [-0.4, -0.2) is 16.2 Å². The van der Waals surface area contributed by atoms with Gasteiger partial charge in [-0.05, 0) is 24.3 Å². The average Bonchev–Trinajstić information content (AvgIpc) is 2.29. The Morgan fingerprint density at radius 2 is 1.50 bits per heavy atom. The van der Waals surface area contributed by atoms with Crippen LogP contribution in [0, 0.1) is 11.6 Å². The van der Waals surface area contributed by atoms with E-state index in [1.165, 1.54) is 12.1 Å². The van der Waals surface area contributed by atoms with Crippen LogP contribution in [0.4, 0.5) is 8.78 Å². The standard InChI is InChI=1S/C13H8F2O3/c14-7-1-3-9(11(5-7)13(17)18)10-4-2-8(15)6-12(10)16/h1-6,16H,(H,17,18). The lowest BCUT2D eigenvalue weighted by Gasteiger charge is -2.08. The Kier molecular flexibility index (Phi) is 2.97. The summed E-state index contributed by atoms with van der Waals surface area (Å²) in [6.45, 7) is 0. The molecular formula is C13H8F2O3. The Bertz CT molecular complexity index is 624. The number of phenols is 1. The van der Waals surface area contributed by atoms with E-state index in [-0.39, 0.29) is 16.7 Å². The zero-order valence-electron chi connectivity index (χ0n) is 9.02. The first-order valence-corrected chi connectivity index (χ1v) is 5.01. The predicted molar refractivity (Wildman–Crippen MR) is 60.4 cm³/mol. The van der Waals surface area contributed by atoms with Crippen molar-refractivity contribution in [1.29, 1.82) is 0 Å². The molecule has 0 heterocycles. The maximum absolute atomic E-state index is 13.0. The Hall–Kier alpha value is -2.43. The molecule has 0 atom stereocenters. The number of phenolic OH excluding ortho intramolecular Hbond substituents is 1. The zero-order valence-corrected chi connectivity index (χ0v) is 9.02. The van der Waals surface area contributed by atoms with E-state index in [9.17, 15) is 18.7 Å². The lowest BCUT2D eigenvalue weighted by atomic mass is 9.98. The van der Waals surface area contributed by atoms with Crippen molar-refractivity contribution in [3.05, 3.63) is 53.6 Å². The highest BCUT2D eigenvalue weighted by atomic mass is 19.1. The van der Waals surface area contributed by atoms with Gasteiger partial charge in [0.15, 0.2) is 0 Å². The van der Waals surface area contributed by atoms with Gasteiger partial charge in [-0.25, -0.2) is 13.6 Å². The number of benzene rings is 2. The summed E-state index contributed by atoms with van der Waals surface area (Å²) in [4.78, 5) is 11.0. The second kappa shape index (κ2) is 4.44. The number of carbonyl (C=O) groups is 1. The number of aromatic hydroxyl groups is 1. The fourth-order valence-corrected chi connectivity index (χ4v) is 1.66. The molecule has 0 aromatic heterocycles. The van der Waals surface area contributed by atoms with Crippen molar-refractivity contribution in [3.8, 4) is 16.9 Å². The van der Waals surface area contributed by atoms with Crippen LogP contribution in [0.5, 0.6) is 5.75 Å². The summed E-state index contributed by atoms with van der Waals surface area (Å²) in [7, 11) is 0. The molecule has 2 aromatic carbocycles. The molecule has 18 heavy (non-hydrogen) atoms. The zero-order chi connectivity index (χ0) is 13.3. The maximum Gasteiger partial charge on any atom is 0.336 e. The molecule has 92 valence electrons. The van der Waals surface area contributed by atoms with E-state index in [0.717, 1.165) is 24.3 Å². The lowest BCUT2D eigenvalue weighted by molar-refractivity contribution is 0.0697. The molecular weight excluding hydrogens is 242 g/mol. The van der Waals surface area contributed by atoms with E-state index < -0.39 is 23.4 Å². The van der Waals surface area contributed by atoms with Gasteiger partial charge in [0, 0.05) is 17.2 Å². The van der Waals surface area contributed by atoms with Gasteiger partial charge in [-0.15, -0.1) is 0 Å². The molecule has 0 bridgehead atoms. The number of rotatable bonds is 2. The predicted octanol–water partition coefficient (Wildman–Crippen LogP) is 3.04. The Labute approximate surface area is 101 Å². The first kappa shape index (κ1) is 12.0. The molecule has 2 aromatic rings. The van der Waals surface area contributed by atoms with E-state index >= 15 is 0 Å². The van der Waals surface area contributed by atoms with Gasteiger partial charge in [-0.3, -0.25) is 0 Å². The minimum atomic E-state index is -1.33. The van der Waals surface area contributed by atoms with E-state index in [1.54, 1.807) is 0 Å². The Morgan fingerprint density at radius 3 is 2.06 bits per heavy atom. The number of aromatic carboxylic acids is 1. The molecule has 0 spiro atoms. The second-order valence-electron chi connectivity index (χ2n) is 3.66. The number of hydrogen-bond donors (Lipinski definition) is 2. The van der Waals surface area contributed by atoms with Crippen LogP contribution < -0.4 is 0 Å². The number of carboxylic acids is 1. The second-order valence-corrected chi connectivity index (χ2v) is 3.66. The fourth-order valence-electron chi connectivity index (χ4n) is 1.66. The molecule has 0 radical (unpaired) electrons. The van der Waals surface area contributed by atoms with Crippen LogP contribution in [-0.2, 0) is 0 Å². The quantitative estimate of drug-likeness (QED) is 0.861. The third-order valence-electron chi connectivity index (χ3n) is 2.46. The van der Waals surface area contributed by atoms with Crippen molar-refractivity contribution >= 4 is 5.97 Å². The molecule has 0 saturated heterocycles. The van der Waals surface area contributed by atoms with E-state index in [0.29, 0.717) is 0 Å². The molecule has 2 N–H and O–H groups in total. The van der Waals surface area contributed by atoms with Gasteiger partial charge in [0.2, 0.25) is 0 Å². The summed E-state index contributed by atoms with van der Waals surface area (Å²) in [6, 6.07) is 6.34.